The van der Waals surface area contributed by atoms with Gasteiger partial charge in [-0.25, -0.2) is 0 Å². The maximum absolute atomic E-state index is 12.0. The number of hydrogen-bond donors (Lipinski definition) is 2. The highest BCUT2D eigenvalue weighted by Gasteiger charge is 2.20. The maximum atomic E-state index is 12.0. The molecule has 0 bridgehead atoms. The lowest BCUT2D eigenvalue weighted by Gasteiger charge is -2.30. The second-order valence-corrected chi connectivity index (χ2v) is 6.08. The first-order chi connectivity index (χ1) is 9.56. The van der Waals surface area contributed by atoms with E-state index in [1.165, 1.54) is 24.0 Å². The van der Waals surface area contributed by atoms with Crippen LogP contribution >= 0.6 is 0 Å². The number of piperidine rings is 1. The van der Waals surface area contributed by atoms with Crippen LogP contribution in [0.5, 0.6) is 0 Å². The molecule has 0 spiro atoms. The second kappa shape index (κ2) is 6.89. The van der Waals surface area contributed by atoms with Crippen molar-refractivity contribution in [2.24, 2.45) is 5.92 Å². The van der Waals surface area contributed by atoms with Crippen molar-refractivity contribution in [3.05, 3.63) is 34.9 Å². The fourth-order valence-electron chi connectivity index (χ4n) is 2.77. The highest BCUT2D eigenvalue weighted by Crippen LogP contribution is 2.15. The van der Waals surface area contributed by atoms with Crippen molar-refractivity contribution in [1.82, 2.24) is 10.6 Å². The summed E-state index contributed by atoms with van der Waals surface area (Å²) in [6.45, 7) is 8.25. The van der Waals surface area contributed by atoms with Crippen LogP contribution in [-0.2, 0) is 11.2 Å². The summed E-state index contributed by atoms with van der Waals surface area (Å²) in [5.74, 6) is 0.762. The fraction of sp³-hybridized carbons (Fsp3) is 0.588. The van der Waals surface area contributed by atoms with E-state index < -0.39 is 0 Å². The summed E-state index contributed by atoms with van der Waals surface area (Å²) < 4.78 is 0. The average molecular weight is 274 g/mol. The van der Waals surface area contributed by atoms with Crippen LogP contribution < -0.4 is 10.6 Å². The minimum absolute atomic E-state index is 0.118. The van der Waals surface area contributed by atoms with Gasteiger partial charge < -0.3 is 10.6 Å². The molecule has 1 fully saturated rings. The summed E-state index contributed by atoms with van der Waals surface area (Å²) in [6.07, 6.45) is 2.97. The molecule has 2 atom stereocenters. The third-order valence-electron chi connectivity index (χ3n) is 4.38. The number of benzene rings is 1. The molecule has 2 rings (SSSR count). The number of rotatable bonds is 4. The molecule has 3 heteroatoms. The Morgan fingerprint density at radius 3 is 2.85 bits per heavy atom. The van der Waals surface area contributed by atoms with E-state index in [0.717, 1.165) is 18.7 Å². The van der Waals surface area contributed by atoms with Crippen LogP contribution in [0.15, 0.2) is 18.2 Å². The zero-order valence-electron chi connectivity index (χ0n) is 12.8. The van der Waals surface area contributed by atoms with Gasteiger partial charge in [0, 0.05) is 12.6 Å². The van der Waals surface area contributed by atoms with Crippen molar-refractivity contribution in [2.45, 2.75) is 46.1 Å². The Morgan fingerprint density at radius 1 is 1.35 bits per heavy atom. The van der Waals surface area contributed by atoms with Gasteiger partial charge in [0.25, 0.3) is 0 Å². The predicted molar refractivity (Wildman–Crippen MR) is 82.8 cm³/mol. The van der Waals surface area contributed by atoms with Crippen molar-refractivity contribution >= 4 is 5.91 Å². The van der Waals surface area contributed by atoms with E-state index >= 15 is 0 Å². The molecule has 0 aromatic heterocycles. The van der Waals surface area contributed by atoms with E-state index in [4.69, 9.17) is 0 Å². The molecule has 2 unspecified atom stereocenters. The molecule has 2 N–H and O–H groups in total. The van der Waals surface area contributed by atoms with Gasteiger partial charge in [0.2, 0.25) is 5.91 Å². The van der Waals surface area contributed by atoms with Crippen molar-refractivity contribution in [2.75, 3.05) is 13.1 Å². The number of aryl methyl sites for hydroxylation is 2. The Morgan fingerprint density at radius 2 is 2.15 bits per heavy atom. The van der Waals surface area contributed by atoms with Crippen LogP contribution in [0.4, 0.5) is 0 Å². The molecule has 0 saturated carbocycles. The number of carbonyl (C=O) groups is 1. The molecule has 110 valence electrons. The van der Waals surface area contributed by atoms with Crippen LogP contribution in [-0.4, -0.2) is 25.0 Å². The largest absolute Gasteiger partial charge is 0.354 e. The third-order valence-corrected chi connectivity index (χ3v) is 4.38. The number of amides is 1. The lowest BCUT2D eigenvalue weighted by atomic mass is 9.93. The zero-order chi connectivity index (χ0) is 14.5. The monoisotopic (exact) mass is 274 g/mol. The Hall–Kier alpha value is -1.35. The molecule has 3 nitrogen and oxygen atoms in total. The fourth-order valence-corrected chi connectivity index (χ4v) is 2.77. The first-order valence-electron chi connectivity index (χ1n) is 7.62. The molecule has 20 heavy (non-hydrogen) atoms. The average Bonchev–Trinajstić information content (AvgIpc) is 2.42. The molecule has 1 aromatic rings. The normalized spacial score (nSPS) is 22.6. The highest BCUT2D eigenvalue weighted by molar-refractivity contribution is 5.78. The molecule has 1 aliphatic rings. The molecule has 0 aliphatic carbocycles. The minimum atomic E-state index is 0.118. The van der Waals surface area contributed by atoms with Gasteiger partial charge in [0.1, 0.15) is 0 Å². The van der Waals surface area contributed by atoms with Crippen LogP contribution in [0.25, 0.3) is 0 Å². The highest BCUT2D eigenvalue weighted by atomic mass is 16.1. The van der Waals surface area contributed by atoms with E-state index in [9.17, 15) is 4.79 Å². The van der Waals surface area contributed by atoms with Crippen LogP contribution in [0.3, 0.4) is 0 Å². The summed E-state index contributed by atoms with van der Waals surface area (Å²) in [5.41, 5.74) is 3.61. The van der Waals surface area contributed by atoms with Crippen molar-refractivity contribution in [3.8, 4) is 0 Å². The first-order valence-corrected chi connectivity index (χ1v) is 7.62. The van der Waals surface area contributed by atoms with E-state index in [0.29, 0.717) is 18.4 Å². The number of nitrogens with one attached hydrogen (secondary N) is 2. The Kier molecular flexibility index (Phi) is 5.18. The van der Waals surface area contributed by atoms with Gasteiger partial charge in [-0.15, -0.1) is 0 Å². The van der Waals surface area contributed by atoms with Crippen LogP contribution in [0.2, 0.25) is 0 Å². The smallest absolute Gasteiger partial charge is 0.224 e. The molecule has 1 aromatic carbocycles. The summed E-state index contributed by atoms with van der Waals surface area (Å²) in [7, 11) is 0. The van der Waals surface area contributed by atoms with Crippen LogP contribution in [0.1, 0.15) is 36.5 Å². The molecule has 1 amide bonds. The Labute approximate surface area is 122 Å². The summed E-state index contributed by atoms with van der Waals surface area (Å²) in [4.78, 5) is 12.0. The van der Waals surface area contributed by atoms with E-state index in [-0.39, 0.29) is 5.91 Å². The van der Waals surface area contributed by atoms with Crippen LogP contribution in [0, 0.1) is 19.8 Å². The van der Waals surface area contributed by atoms with Gasteiger partial charge in [0.15, 0.2) is 0 Å². The molecular formula is C17H26N2O. The number of carbonyl (C=O) groups excluding carboxylic acids is 1. The minimum Gasteiger partial charge on any atom is -0.354 e. The Bertz CT molecular complexity index is 470. The lowest BCUT2D eigenvalue weighted by molar-refractivity contribution is -0.120. The molecular weight excluding hydrogens is 248 g/mol. The summed E-state index contributed by atoms with van der Waals surface area (Å²) >= 11 is 0. The topological polar surface area (TPSA) is 41.1 Å². The Balaban J connectivity index is 1.81. The number of hydrogen-bond acceptors (Lipinski definition) is 2. The van der Waals surface area contributed by atoms with Gasteiger partial charge in [-0.2, -0.15) is 0 Å². The van der Waals surface area contributed by atoms with Crippen molar-refractivity contribution < 1.29 is 4.79 Å². The van der Waals surface area contributed by atoms with Gasteiger partial charge in [-0.3, -0.25) is 4.79 Å². The molecule has 1 aliphatic heterocycles. The van der Waals surface area contributed by atoms with Crippen molar-refractivity contribution in [3.63, 3.8) is 0 Å². The third kappa shape index (κ3) is 4.07. The van der Waals surface area contributed by atoms with E-state index in [1.807, 2.05) is 6.07 Å². The van der Waals surface area contributed by atoms with Crippen molar-refractivity contribution in [1.29, 1.82) is 0 Å². The molecule has 0 radical (unpaired) electrons. The van der Waals surface area contributed by atoms with Gasteiger partial charge >= 0.3 is 0 Å². The molecule has 1 heterocycles. The standard InChI is InChI=1S/C17H26N2O/c1-12-6-7-15(9-14(12)3)10-17(20)19-11-16-13(2)5-4-8-18-16/h6-7,9,13,16,18H,4-5,8,10-11H2,1-3H3,(H,19,20). The zero-order valence-corrected chi connectivity index (χ0v) is 12.8. The molecule has 1 saturated heterocycles. The maximum Gasteiger partial charge on any atom is 0.224 e. The van der Waals surface area contributed by atoms with Gasteiger partial charge in [-0.05, 0) is 55.8 Å². The summed E-state index contributed by atoms with van der Waals surface area (Å²) in [5, 5.41) is 6.55. The lowest BCUT2D eigenvalue weighted by Crippen LogP contribution is -2.48. The predicted octanol–water partition coefficient (Wildman–Crippen LogP) is 2.35. The van der Waals surface area contributed by atoms with E-state index in [2.05, 4.69) is 43.5 Å². The first kappa shape index (κ1) is 15.0. The van der Waals surface area contributed by atoms with E-state index in [1.54, 1.807) is 0 Å². The summed E-state index contributed by atoms with van der Waals surface area (Å²) in [6, 6.07) is 6.66. The SMILES string of the molecule is Cc1ccc(CC(=O)NCC2NCCCC2C)cc1C. The van der Waals surface area contributed by atoms with Gasteiger partial charge in [-0.1, -0.05) is 25.1 Å². The second-order valence-electron chi connectivity index (χ2n) is 6.08. The van der Waals surface area contributed by atoms with Gasteiger partial charge in [0.05, 0.1) is 6.42 Å². The quantitative estimate of drug-likeness (QED) is 0.885.